The van der Waals surface area contributed by atoms with Crippen LogP contribution >= 0.6 is 0 Å². The summed E-state index contributed by atoms with van der Waals surface area (Å²) < 4.78 is 12.9. The highest BCUT2D eigenvalue weighted by Gasteiger charge is 2.20. The summed E-state index contributed by atoms with van der Waals surface area (Å²) in [6, 6.07) is 16.5. The van der Waals surface area contributed by atoms with Crippen LogP contribution in [0.4, 0.5) is 17.3 Å². The maximum absolute atomic E-state index is 5.51. The van der Waals surface area contributed by atoms with E-state index in [9.17, 15) is 0 Å². The van der Waals surface area contributed by atoms with Crippen LogP contribution in [0.15, 0.2) is 54.7 Å². The van der Waals surface area contributed by atoms with E-state index in [1.807, 2.05) is 30.5 Å². The Morgan fingerprint density at radius 2 is 1.73 bits per heavy atom. The molecule has 1 saturated heterocycles. The number of methoxy groups -OCH3 is 1. The molecule has 6 rings (SSSR count). The first kappa shape index (κ1) is 23.7. The first-order chi connectivity index (χ1) is 18.3. The molecule has 2 aromatic carbocycles. The summed E-state index contributed by atoms with van der Waals surface area (Å²) in [5.41, 5.74) is 5.04. The van der Waals surface area contributed by atoms with Crippen molar-refractivity contribution in [2.24, 2.45) is 5.92 Å². The molecule has 0 atom stereocenters. The normalized spacial score (nSPS) is 16.7. The van der Waals surface area contributed by atoms with Crippen molar-refractivity contribution >= 4 is 28.4 Å². The summed E-state index contributed by atoms with van der Waals surface area (Å²) in [5.74, 6) is 2.02. The number of aromatic nitrogens is 4. The second-order valence-corrected chi connectivity index (χ2v) is 9.97. The molecule has 1 aliphatic carbocycles. The molecule has 0 amide bonds. The largest absolute Gasteiger partial charge is 0.497 e. The van der Waals surface area contributed by atoms with Gasteiger partial charge in [-0.05, 0) is 55.2 Å². The number of morpholine rings is 1. The van der Waals surface area contributed by atoms with Gasteiger partial charge in [0.2, 0.25) is 5.95 Å². The number of benzene rings is 2. The Kier molecular flexibility index (Phi) is 6.90. The van der Waals surface area contributed by atoms with Gasteiger partial charge in [0.1, 0.15) is 11.4 Å². The van der Waals surface area contributed by atoms with Crippen LogP contribution in [-0.4, -0.2) is 53.2 Å². The van der Waals surface area contributed by atoms with Crippen molar-refractivity contribution in [1.29, 1.82) is 0 Å². The molecule has 192 valence electrons. The molecule has 2 aromatic heterocycles. The average molecular weight is 499 g/mol. The Bertz CT molecular complexity index is 1320. The summed E-state index contributed by atoms with van der Waals surface area (Å²) in [5, 5.41) is 9.42. The van der Waals surface area contributed by atoms with Gasteiger partial charge in [-0.3, -0.25) is 0 Å². The maximum Gasteiger partial charge on any atom is 0.229 e. The van der Waals surface area contributed by atoms with Crippen LogP contribution in [0, 0.1) is 5.92 Å². The molecular formula is C29H34N6O2. The predicted molar refractivity (Wildman–Crippen MR) is 147 cm³/mol. The lowest BCUT2D eigenvalue weighted by molar-refractivity contribution is 0.122. The van der Waals surface area contributed by atoms with Crippen molar-refractivity contribution < 1.29 is 9.47 Å². The SMILES string of the molecule is COc1ccc(Nc2ncc3c(-c4ccc(N5CCOCC5)cc4)nn(CC4CCCCC4)c3n2)cc1. The zero-order valence-electron chi connectivity index (χ0n) is 21.4. The van der Waals surface area contributed by atoms with Crippen LogP contribution in [0.5, 0.6) is 5.75 Å². The van der Waals surface area contributed by atoms with Crippen LogP contribution in [0.2, 0.25) is 0 Å². The maximum atomic E-state index is 5.51. The lowest BCUT2D eigenvalue weighted by atomic mass is 9.89. The molecule has 0 unspecified atom stereocenters. The van der Waals surface area contributed by atoms with E-state index >= 15 is 0 Å². The fourth-order valence-corrected chi connectivity index (χ4v) is 5.43. The number of hydrogen-bond acceptors (Lipinski definition) is 7. The highest BCUT2D eigenvalue weighted by atomic mass is 16.5. The van der Waals surface area contributed by atoms with Crippen molar-refractivity contribution in [3.05, 3.63) is 54.7 Å². The van der Waals surface area contributed by atoms with Gasteiger partial charge in [0.15, 0.2) is 5.65 Å². The smallest absolute Gasteiger partial charge is 0.229 e. The van der Waals surface area contributed by atoms with E-state index < -0.39 is 0 Å². The van der Waals surface area contributed by atoms with Crippen molar-refractivity contribution in [2.75, 3.05) is 43.6 Å². The average Bonchev–Trinajstić information content (AvgIpc) is 3.32. The topological polar surface area (TPSA) is 77.3 Å². The standard InChI is InChI=1S/C29H34N6O2/c1-36-25-13-9-23(10-14-25)31-29-30-19-26-27(22-7-11-24(12-8-22)34-15-17-37-18-16-34)33-35(28(26)32-29)20-21-5-3-2-4-6-21/h7-14,19,21H,2-6,15-18,20H2,1H3,(H,30,31,32). The minimum Gasteiger partial charge on any atom is -0.497 e. The number of rotatable bonds is 7. The third-order valence-electron chi connectivity index (χ3n) is 7.51. The second kappa shape index (κ2) is 10.8. The molecule has 1 saturated carbocycles. The summed E-state index contributed by atoms with van der Waals surface area (Å²) in [4.78, 5) is 12.0. The number of hydrogen-bond donors (Lipinski definition) is 1. The molecule has 8 heteroatoms. The van der Waals surface area contributed by atoms with Gasteiger partial charge in [0.25, 0.3) is 0 Å². The third-order valence-corrected chi connectivity index (χ3v) is 7.51. The van der Waals surface area contributed by atoms with Gasteiger partial charge in [0.05, 0.1) is 25.7 Å². The van der Waals surface area contributed by atoms with Crippen molar-refractivity contribution in [2.45, 2.75) is 38.6 Å². The van der Waals surface area contributed by atoms with Crippen LogP contribution in [0.1, 0.15) is 32.1 Å². The predicted octanol–water partition coefficient (Wildman–Crippen LogP) is 5.66. The summed E-state index contributed by atoms with van der Waals surface area (Å²) >= 11 is 0. The van der Waals surface area contributed by atoms with E-state index in [0.717, 1.165) is 66.6 Å². The Labute approximate surface area is 217 Å². The van der Waals surface area contributed by atoms with E-state index in [1.54, 1.807) is 7.11 Å². The van der Waals surface area contributed by atoms with E-state index in [4.69, 9.17) is 19.6 Å². The van der Waals surface area contributed by atoms with Gasteiger partial charge in [0, 0.05) is 42.8 Å². The number of nitrogens with one attached hydrogen (secondary N) is 1. The minimum atomic E-state index is 0.566. The molecule has 1 N–H and O–H groups in total. The van der Waals surface area contributed by atoms with E-state index in [-0.39, 0.29) is 0 Å². The molecule has 2 aliphatic rings. The lowest BCUT2D eigenvalue weighted by Crippen LogP contribution is -2.36. The summed E-state index contributed by atoms with van der Waals surface area (Å²) in [6.07, 6.45) is 8.37. The molecule has 3 heterocycles. The molecule has 4 aromatic rings. The van der Waals surface area contributed by atoms with Gasteiger partial charge in [-0.15, -0.1) is 0 Å². The fraction of sp³-hybridized carbons (Fsp3) is 0.414. The number of ether oxygens (including phenoxy) is 2. The molecule has 37 heavy (non-hydrogen) atoms. The van der Waals surface area contributed by atoms with E-state index in [1.165, 1.54) is 37.8 Å². The highest BCUT2D eigenvalue weighted by Crippen LogP contribution is 2.32. The monoisotopic (exact) mass is 498 g/mol. The molecule has 2 fully saturated rings. The number of anilines is 3. The Morgan fingerprint density at radius 3 is 2.46 bits per heavy atom. The molecule has 1 aliphatic heterocycles. The van der Waals surface area contributed by atoms with Gasteiger partial charge in [-0.2, -0.15) is 10.1 Å². The van der Waals surface area contributed by atoms with Gasteiger partial charge < -0.3 is 19.7 Å². The molecule has 0 radical (unpaired) electrons. The first-order valence-electron chi connectivity index (χ1n) is 13.3. The quantitative estimate of drug-likeness (QED) is 0.352. The van der Waals surface area contributed by atoms with Gasteiger partial charge in [-0.25, -0.2) is 9.67 Å². The zero-order chi connectivity index (χ0) is 25.0. The highest BCUT2D eigenvalue weighted by molar-refractivity contribution is 5.91. The Morgan fingerprint density at radius 1 is 0.973 bits per heavy atom. The van der Waals surface area contributed by atoms with Crippen LogP contribution in [-0.2, 0) is 11.3 Å². The number of fused-ring (bicyclic) bond motifs is 1. The van der Waals surface area contributed by atoms with E-state index in [0.29, 0.717) is 11.9 Å². The van der Waals surface area contributed by atoms with E-state index in [2.05, 4.69) is 44.1 Å². The third kappa shape index (κ3) is 5.25. The Balaban J connectivity index is 1.32. The zero-order valence-corrected chi connectivity index (χ0v) is 21.4. The lowest BCUT2D eigenvalue weighted by Gasteiger charge is -2.28. The molecular weight excluding hydrogens is 464 g/mol. The summed E-state index contributed by atoms with van der Waals surface area (Å²) in [6.45, 7) is 4.30. The number of nitrogens with zero attached hydrogens (tertiary/aromatic N) is 5. The van der Waals surface area contributed by atoms with Crippen LogP contribution < -0.4 is 15.0 Å². The first-order valence-corrected chi connectivity index (χ1v) is 13.3. The molecule has 8 nitrogen and oxygen atoms in total. The van der Waals surface area contributed by atoms with Crippen molar-refractivity contribution in [1.82, 2.24) is 19.7 Å². The van der Waals surface area contributed by atoms with Crippen LogP contribution in [0.25, 0.3) is 22.3 Å². The van der Waals surface area contributed by atoms with Crippen molar-refractivity contribution in [3.8, 4) is 17.0 Å². The van der Waals surface area contributed by atoms with Gasteiger partial charge in [-0.1, -0.05) is 31.4 Å². The van der Waals surface area contributed by atoms with Crippen molar-refractivity contribution in [3.63, 3.8) is 0 Å². The van der Waals surface area contributed by atoms with Gasteiger partial charge >= 0.3 is 0 Å². The second-order valence-electron chi connectivity index (χ2n) is 9.97. The molecule has 0 bridgehead atoms. The fourth-order valence-electron chi connectivity index (χ4n) is 5.43. The summed E-state index contributed by atoms with van der Waals surface area (Å²) in [7, 11) is 1.67. The van der Waals surface area contributed by atoms with Crippen LogP contribution in [0.3, 0.4) is 0 Å². The Hall–Kier alpha value is -3.65. The molecule has 0 spiro atoms. The minimum absolute atomic E-state index is 0.566.